The lowest BCUT2D eigenvalue weighted by Gasteiger charge is -2.16. The monoisotopic (exact) mass is 363 g/mol. The van der Waals surface area contributed by atoms with Crippen LogP contribution in [0.4, 0.5) is 4.39 Å². The molecule has 5 heteroatoms. The van der Waals surface area contributed by atoms with E-state index >= 15 is 0 Å². The summed E-state index contributed by atoms with van der Waals surface area (Å²) in [6.07, 6.45) is 3.13. The van der Waals surface area contributed by atoms with Crippen LogP contribution in [0.25, 0.3) is 0 Å². The third-order valence-electron chi connectivity index (χ3n) is 2.92. The van der Waals surface area contributed by atoms with Crippen molar-refractivity contribution in [2.75, 3.05) is 0 Å². The minimum absolute atomic E-state index is 0.137. The number of alkyl halides is 1. The molecule has 1 aliphatic rings. The minimum Gasteiger partial charge on any atom is -0.348 e. The van der Waals surface area contributed by atoms with E-state index in [1.165, 1.54) is 12.1 Å². The molecular formula is C12H12Br2FNO. The van der Waals surface area contributed by atoms with Crippen molar-refractivity contribution in [1.29, 1.82) is 0 Å². The largest absolute Gasteiger partial charge is 0.348 e. The second-order valence-electron chi connectivity index (χ2n) is 4.15. The number of hydrogen-bond acceptors (Lipinski definition) is 1. The maximum atomic E-state index is 13.1. The third kappa shape index (κ3) is 3.07. The van der Waals surface area contributed by atoms with Crippen LogP contribution in [0.3, 0.4) is 0 Å². The molecule has 1 aromatic rings. The topological polar surface area (TPSA) is 29.1 Å². The molecule has 1 aromatic carbocycles. The summed E-state index contributed by atoms with van der Waals surface area (Å²) in [5.41, 5.74) is 0.344. The average Bonchev–Trinajstić information content (AvgIpc) is 2.68. The van der Waals surface area contributed by atoms with E-state index in [0.717, 1.165) is 19.3 Å². The maximum Gasteiger partial charge on any atom is 0.252 e. The Morgan fingerprint density at radius 2 is 2.18 bits per heavy atom. The molecule has 1 amide bonds. The quantitative estimate of drug-likeness (QED) is 0.797. The van der Waals surface area contributed by atoms with Crippen molar-refractivity contribution >= 4 is 37.8 Å². The van der Waals surface area contributed by atoms with Crippen molar-refractivity contribution < 1.29 is 9.18 Å². The summed E-state index contributed by atoms with van der Waals surface area (Å²) in [6.45, 7) is 0. The predicted octanol–water partition coefficient (Wildman–Crippen LogP) is 3.63. The van der Waals surface area contributed by atoms with E-state index in [9.17, 15) is 9.18 Å². The number of amides is 1. The van der Waals surface area contributed by atoms with Crippen molar-refractivity contribution in [3.8, 4) is 0 Å². The molecule has 1 N–H and O–H groups in total. The van der Waals surface area contributed by atoms with E-state index in [4.69, 9.17) is 0 Å². The number of nitrogens with one attached hydrogen (secondary N) is 1. The van der Waals surface area contributed by atoms with Crippen LogP contribution in [-0.2, 0) is 0 Å². The van der Waals surface area contributed by atoms with Gasteiger partial charge in [0.1, 0.15) is 5.82 Å². The summed E-state index contributed by atoms with van der Waals surface area (Å²) < 4.78 is 13.7. The molecule has 0 aromatic heterocycles. The summed E-state index contributed by atoms with van der Waals surface area (Å²) in [6, 6.07) is 4.25. The zero-order chi connectivity index (χ0) is 12.4. The summed E-state index contributed by atoms with van der Waals surface area (Å²) in [4.78, 5) is 12.3. The van der Waals surface area contributed by atoms with Gasteiger partial charge in [-0.15, -0.1) is 0 Å². The van der Waals surface area contributed by atoms with E-state index in [1.807, 2.05) is 0 Å². The van der Waals surface area contributed by atoms with Gasteiger partial charge in [-0.25, -0.2) is 4.39 Å². The smallest absolute Gasteiger partial charge is 0.252 e. The Kier molecular flexibility index (Phi) is 4.20. The van der Waals surface area contributed by atoms with Crippen LogP contribution in [0.5, 0.6) is 0 Å². The zero-order valence-corrected chi connectivity index (χ0v) is 12.2. The minimum atomic E-state index is -0.403. The van der Waals surface area contributed by atoms with Crippen LogP contribution in [-0.4, -0.2) is 16.8 Å². The van der Waals surface area contributed by atoms with Gasteiger partial charge in [0, 0.05) is 15.3 Å². The fourth-order valence-corrected chi connectivity index (χ4v) is 3.14. The van der Waals surface area contributed by atoms with Crippen molar-refractivity contribution in [2.45, 2.75) is 30.1 Å². The molecule has 2 unspecified atom stereocenters. The summed E-state index contributed by atoms with van der Waals surface area (Å²) in [5, 5.41) is 2.93. The molecule has 0 aliphatic heterocycles. The van der Waals surface area contributed by atoms with Crippen molar-refractivity contribution in [1.82, 2.24) is 5.32 Å². The van der Waals surface area contributed by atoms with Gasteiger partial charge in [0.05, 0.1) is 5.56 Å². The Balaban J connectivity index is 2.11. The number of carbonyl (C=O) groups excluding carboxylic acids is 1. The van der Waals surface area contributed by atoms with Crippen LogP contribution in [0.2, 0.25) is 0 Å². The lowest BCUT2D eigenvalue weighted by molar-refractivity contribution is 0.0937. The molecule has 0 saturated heterocycles. The number of halogens is 3. The van der Waals surface area contributed by atoms with E-state index in [1.54, 1.807) is 6.07 Å². The fourth-order valence-electron chi connectivity index (χ4n) is 2.00. The fraction of sp³-hybridized carbons (Fsp3) is 0.417. The van der Waals surface area contributed by atoms with E-state index in [-0.39, 0.29) is 11.9 Å². The molecule has 1 fully saturated rings. The van der Waals surface area contributed by atoms with Gasteiger partial charge in [0.2, 0.25) is 0 Å². The first-order valence-electron chi connectivity index (χ1n) is 5.48. The molecule has 0 bridgehead atoms. The van der Waals surface area contributed by atoms with Crippen molar-refractivity contribution in [3.05, 3.63) is 34.1 Å². The molecule has 0 heterocycles. The number of hydrogen-bond donors (Lipinski definition) is 1. The number of rotatable bonds is 2. The van der Waals surface area contributed by atoms with Crippen LogP contribution in [0.15, 0.2) is 22.7 Å². The number of carbonyl (C=O) groups is 1. The van der Waals surface area contributed by atoms with E-state index < -0.39 is 5.82 Å². The Morgan fingerprint density at radius 1 is 1.41 bits per heavy atom. The first-order chi connectivity index (χ1) is 8.08. The first kappa shape index (κ1) is 13.0. The van der Waals surface area contributed by atoms with Gasteiger partial charge in [-0.2, -0.15) is 0 Å². The Labute approximate surface area is 116 Å². The van der Waals surface area contributed by atoms with Crippen molar-refractivity contribution in [2.24, 2.45) is 0 Å². The summed E-state index contributed by atoms with van der Waals surface area (Å²) >= 11 is 6.79. The Bertz CT molecular complexity index is 439. The lowest BCUT2D eigenvalue weighted by Crippen LogP contribution is -2.37. The Hall–Kier alpha value is -0.420. The molecule has 17 heavy (non-hydrogen) atoms. The SMILES string of the molecule is O=C(NC1CCCC1Br)c1cc(F)ccc1Br. The highest BCUT2D eigenvalue weighted by molar-refractivity contribution is 9.10. The first-order valence-corrected chi connectivity index (χ1v) is 7.19. The van der Waals surface area contributed by atoms with Gasteiger partial charge in [-0.1, -0.05) is 22.4 Å². The van der Waals surface area contributed by atoms with E-state index in [0.29, 0.717) is 14.9 Å². The predicted molar refractivity (Wildman–Crippen MR) is 71.9 cm³/mol. The second kappa shape index (κ2) is 5.48. The van der Waals surface area contributed by atoms with Gasteiger partial charge >= 0.3 is 0 Å². The van der Waals surface area contributed by atoms with Gasteiger partial charge < -0.3 is 5.32 Å². The highest BCUT2D eigenvalue weighted by Crippen LogP contribution is 2.26. The summed E-state index contributed by atoms with van der Waals surface area (Å²) in [7, 11) is 0. The van der Waals surface area contributed by atoms with Gasteiger partial charge in [0.25, 0.3) is 5.91 Å². The third-order valence-corrected chi connectivity index (χ3v) is 4.71. The van der Waals surface area contributed by atoms with Crippen LogP contribution >= 0.6 is 31.9 Å². The molecule has 0 spiro atoms. The molecule has 1 aliphatic carbocycles. The van der Waals surface area contributed by atoms with Gasteiger partial charge in [-0.05, 0) is 47.0 Å². The van der Waals surface area contributed by atoms with Crippen LogP contribution in [0.1, 0.15) is 29.6 Å². The zero-order valence-electron chi connectivity index (χ0n) is 9.05. The summed E-state index contributed by atoms with van der Waals surface area (Å²) in [5.74, 6) is -0.632. The van der Waals surface area contributed by atoms with Gasteiger partial charge in [-0.3, -0.25) is 4.79 Å². The molecule has 92 valence electrons. The molecular weight excluding hydrogens is 353 g/mol. The van der Waals surface area contributed by atoms with Crippen molar-refractivity contribution in [3.63, 3.8) is 0 Å². The molecule has 2 rings (SSSR count). The Morgan fingerprint density at radius 3 is 2.82 bits per heavy atom. The maximum absolute atomic E-state index is 13.1. The molecule has 2 nitrogen and oxygen atoms in total. The second-order valence-corrected chi connectivity index (χ2v) is 6.18. The normalized spacial score (nSPS) is 23.7. The molecule has 1 saturated carbocycles. The van der Waals surface area contributed by atoms with Gasteiger partial charge in [0.15, 0.2) is 0 Å². The number of benzene rings is 1. The van der Waals surface area contributed by atoms with Crippen LogP contribution < -0.4 is 5.32 Å². The molecule has 2 atom stereocenters. The highest BCUT2D eigenvalue weighted by Gasteiger charge is 2.27. The highest BCUT2D eigenvalue weighted by atomic mass is 79.9. The standard InChI is InChI=1S/C12H12Br2FNO/c13-9-5-4-7(15)6-8(9)12(17)16-11-3-1-2-10(11)14/h4-6,10-11H,1-3H2,(H,16,17). The van der Waals surface area contributed by atoms with E-state index in [2.05, 4.69) is 37.2 Å². The lowest BCUT2D eigenvalue weighted by atomic mass is 10.2. The molecule has 0 radical (unpaired) electrons. The average molecular weight is 365 g/mol. The van der Waals surface area contributed by atoms with Crippen LogP contribution in [0, 0.1) is 5.82 Å².